The number of nitriles is 1. The summed E-state index contributed by atoms with van der Waals surface area (Å²) in [5, 5.41) is 16.5. The predicted octanol–water partition coefficient (Wildman–Crippen LogP) is 2.49. The summed E-state index contributed by atoms with van der Waals surface area (Å²) < 4.78 is 0. The molecule has 1 amide bonds. The lowest BCUT2D eigenvalue weighted by atomic mass is 10.0. The topological polar surface area (TPSA) is 64.9 Å². The van der Waals surface area contributed by atoms with Crippen LogP contribution in [0.15, 0.2) is 0 Å². The Morgan fingerprint density at radius 3 is 3.10 bits per heavy atom. The molecule has 2 aliphatic rings. The zero-order valence-corrected chi connectivity index (χ0v) is 12.8. The first kappa shape index (κ1) is 13.9. The van der Waals surface area contributed by atoms with Crippen molar-refractivity contribution >= 4 is 34.0 Å². The first-order chi connectivity index (χ1) is 9.79. The number of carbonyl (C=O) groups is 1. The number of fused-ring (bicyclic) bond motifs is 1. The smallest absolute Gasteiger partial charge is 0.238 e. The number of anilines is 1. The molecular formula is C14H17N3OS2. The van der Waals surface area contributed by atoms with E-state index in [1.807, 2.05) is 0 Å². The summed E-state index contributed by atoms with van der Waals surface area (Å²) in [6.45, 7) is 1.72. The number of rotatable bonds is 2. The number of nitrogens with zero attached hydrogens (tertiary/aromatic N) is 1. The molecule has 1 aromatic rings. The van der Waals surface area contributed by atoms with Crippen molar-refractivity contribution in [3.63, 3.8) is 0 Å². The van der Waals surface area contributed by atoms with E-state index in [-0.39, 0.29) is 11.2 Å². The van der Waals surface area contributed by atoms with E-state index in [9.17, 15) is 10.1 Å². The van der Waals surface area contributed by atoms with E-state index < -0.39 is 0 Å². The molecule has 1 aromatic heterocycles. The molecule has 1 fully saturated rings. The van der Waals surface area contributed by atoms with Gasteiger partial charge in [-0.3, -0.25) is 4.79 Å². The third kappa shape index (κ3) is 2.71. The van der Waals surface area contributed by atoms with Gasteiger partial charge >= 0.3 is 0 Å². The number of carbonyl (C=O) groups excluding carboxylic acids is 1. The van der Waals surface area contributed by atoms with Gasteiger partial charge in [0, 0.05) is 11.4 Å². The van der Waals surface area contributed by atoms with Gasteiger partial charge in [0.25, 0.3) is 0 Å². The van der Waals surface area contributed by atoms with Crippen LogP contribution in [0.2, 0.25) is 0 Å². The van der Waals surface area contributed by atoms with Gasteiger partial charge in [0.1, 0.15) is 11.1 Å². The summed E-state index contributed by atoms with van der Waals surface area (Å²) in [5.41, 5.74) is 1.81. The summed E-state index contributed by atoms with van der Waals surface area (Å²) in [6, 6.07) is 2.27. The summed E-state index contributed by atoms with van der Waals surface area (Å²) in [6.07, 6.45) is 4.16. The minimum absolute atomic E-state index is 0.0487. The highest BCUT2D eigenvalue weighted by Crippen LogP contribution is 2.35. The standard InChI is InChI=1S/C14H17N3OS2/c15-7-10-9-4-5-16-8-12(9)20-14(10)17-13(18)11-3-1-2-6-19-11/h11,16H,1-6,8H2,(H,17,18). The van der Waals surface area contributed by atoms with Crippen molar-refractivity contribution in [3.8, 4) is 6.07 Å². The lowest BCUT2D eigenvalue weighted by Gasteiger charge is -2.20. The molecule has 20 heavy (non-hydrogen) atoms. The Morgan fingerprint density at radius 2 is 2.35 bits per heavy atom. The first-order valence-corrected chi connectivity index (χ1v) is 8.84. The monoisotopic (exact) mass is 307 g/mol. The second-order valence-electron chi connectivity index (χ2n) is 5.09. The van der Waals surface area contributed by atoms with Crippen LogP contribution in [0.3, 0.4) is 0 Å². The number of nitrogens with one attached hydrogen (secondary N) is 2. The van der Waals surface area contributed by atoms with Gasteiger partial charge in [-0.15, -0.1) is 23.1 Å². The fraction of sp³-hybridized carbons (Fsp3) is 0.571. The first-order valence-electron chi connectivity index (χ1n) is 6.97. The maximum absolute atomic E-state index is 12.3. The minimum atomic E-state index is 0.0487. The highest BCUT2D eigenvalue weighted by atomic mass is 32.2. The lowest BCUT2D eigenvalue weighted by Crippen LogP contribution is -2.27. The summed E-state index contributed by atoms with van der Waals surface area (Å²) in [5.74, 6) is 1.13. The van der Waals surface area contributed by atoms with E-state index in [0.29, 0.717) is 5.56 Å². The van der Waals surface area contributed by atoms with Crippen molar-refractivity contribution < 1.29 is 4.79 Å². The van der Waals surface area contributed by atoms with E-state index in [1.54, 1.807) is 23.1 Å². The highest BCUT2D eigenvalue weighted by molar-refractivity contribution is 8.00. The van der Waals surface area contributed by atoms with Crippen LogP contribution in [0.1, 0.15) is 35.3 Å². The molecule has 0 radical (unpaired) electrons. The van der Waals surface area contributed by atoms with Crippen molar-refractivity contribution in [2.75, 3.05) is 17.6 Å². The second-order valence-corrected chi connectivity index (χ2v) is 7.51. The third-order valence-electron chi connectivity index (χ3n) is 3.75. The molecule has 1 saturated heterocycles. The molecule has 106 valence electrons. The van der Waals surface area contributed by atoms with E-state index in [2.05, 4.69) is 16.7 Å². The van der Waals surface area contributed by atoms with Crippen molar-refractivity contribution in [3.05, 3.63) is 16.0 Å². The molecule has 0 aromatic carbocycles. The molecule has 1 atom stereocenters. The minimum Gasteiger partial charge on any atom is -0.316 e. The van der Waals surface area contributed by atoms with Crippen LogP contribution >= 0.6 is 23.1 Å². The molecule has 4 nitrogen and oxygen atoms in total. The van der Waals surface area contributed by atoms with Gasteiger partial charge in [0.2, 0.25) is 5.91 Å². The van der Waals surface area contributed by atoms with Gasteiger partial charge in [0.05, 0.1) is 10.8 Å². The maximum Gasteiger partial charge on any atom is 0.238 e. The Hall–Kier alpha value is -1.03. The Labute approximate surface area is 126 Å². The zero-order valence-electron chi connectivity index (χ0n) is 11.2. The Morgan fingerprint density at radius 1 is 1.45 bits per heavy atom. The van der Waals surface area contributed by atoms with Crippen molar-refractivity contribution in [1.82, 2.24) is 5.32 Å². The predicted molar refractivity (Wildman–Crippen MR) is 83.2 cm³/mol. The number of hydrogen-bond acceptors (Lipinski definition) is 5. The van der Waals surface area contributed by atoms with E-state index in [0.717, 1.165) is 48.7 Å². The normalized spacial score (nSPS) is 21.9. The average Bonchev–Trinajstić information content (AvgIpc) is 2.85. The van der Waals surface area contributed by atoms with Gasteiger partial charge < -0.3 is 10.6 Å². The summed E-state index contributed by atoms with van der Waals surface area (Å²) in [4.78, 5) is 13.5. The van der Waals surface area contributed by atoms with Gasteiger partial charge in [-0.25, -0.2) is 0 Å². The van der Waals surface area contributed by atoms with Crippen molar-refractivity contribution in [1.29, 1.82) is 5.26 Å². The molecule has 6 heteroatoms. The Bertz CT molecular complexity index is 556. The molecule has 0 bridgehead atoms. The Balaban J connectivity index is 1.78. The molecule has 2 N–H and O–H groups in total. The highest BCUT2D eigenvalue weighted by Gasteiger charge is 2.25. The number of amides is 1. The van der Waals surface area contributed by atoms with Crippen LogP contribution in [0, 0.1) is 11.3 Å². The molecule has 1 unspecified atom stereocenters. The number of thioether (sulfide) groups is 1. The fourth-order valence-electron chi connectivity index (χ4n) is 2.68. The Kier molecular flexibility index (Phi) is 4.29. The average molecular weight is 307 g/mol. The fourth-order valence-corrected chi connectivity index (χ4v) is 5.05. The van der Waals surface area contributed by atoms with E-state index in [1.165, 1.54) is 11.3 Å². The van der Waals surface area contributed by atoms with Crippen LogP contribution in [0.4, 0.5) is 5.00 Å². The molecule has 3 rings (SSSR count). The van der Waals surface area contributed by atoms with Crippen LogP contribution in [0.5, 0.6) is 0 Å². The molecule has 0 saturated carbocycles. The largest absolute Gasteiger partial charge is 0.316 e. The SMILES string of the molecule is N#Cc1c(NC(=O)C2CCCCS2)sc2c1CCNC2. The molecular weight excluding hydrogens is 290 g/mol. The van der Waals surface area contributed by atoms with Crippen molar-refractivity contribution in [2.45, 2.75) is 37.5 Å². The van der Waals surface area contributed by atoms with Crippen LogP contribution in [-0.2, 0) is 17.8 Å². The van der Waals surface area contributed by atoms with Crippen molar-refractivity contribution in [2.24, 2.45) is 0 Å². The van der Waals surface area contributed by atoms with E-state index >= 15 is 0 Å². The molecule has 2 aliphatic heterocycles. The lowest BCUT2D eigenvalue weighted by molar-refractivity contribution is -0.115. The van der Waals surface area contributed by atoms with Gasteiger partial charge in [0.15, 0.2) is 0 Å². The zero-order chi connectivity index (χ0) is 13.9. The summed E-state index contributed by atoms with van der Waals surface area (Å²) >= 11 is 3.29. The van der Waals surface area contributed by atoms with Gasteiger partial charge in [-0.2, -0.15) is 5.26 Å². The van der Waals surface area contributed by atoms with Crippen LogP contribution in [-0.4, -0.2) is 23.5 Å². The third-order valence-corrected chi connectivity index (χ3v) is 6.27. The maximum atomic E-state index is 12.3. The molecule has 3 heterocycles. The van der Waals surface area contributed by atoms with Crippen LogP contribution in [0.25, 0.3) is 0 Å². The van der Waals surface area contributed by atoms with Gasteiger partial charge in [-0.05, 0) is 37.1 Å². The molecule has 0 spiro atoms. The molecule has 0 aliphatic carbocycles. The quantitative estimate of drug-likeness (QED) is 0.881. The van der Waals surface area contributed by atoms with E-state index in [4.69, 9.17) is 0 Å². The number of hydrogen-bond donors (Lipinski definition) is 2. The van der Waals surface area contributed by atoms with Crippen LogP contribution < -0.4 is 10.6 Å². The second kappa shape index (κ2) is 6.17. The summed E-state index contributed by atoms with van der Waals surface area (Å²) in [7, 11) is 0. The van der Waals surface area contributed by atoms with Gasteiger partial charge in [-0.1, -0.05) is 6.42 Å². The number of thiophene rings is 1.